The molecule has 30 heavy (non-hydrogen) atoms. The standard InChI is InChI=1S/C21H14ClF2N3O2S/c22-13-4-6-16(7-5-13)29-12-19(28)27(11-15-3-1-2-8-25-15)21-26-20-17(24)9-14(23)10-18(20)30-21/h1-10H,11-12H2. The molecule has 0 aliphatic carbocycles. The van der Waals surface area contributed by atoms with Gasteiger partial charge in [0.2, 0.25) is 0 Å². The minimum absolute atomic E-state index is 0.00819. The maximum Gasteiger partial charge on any atom is 0.267 e. The highest BCUT2D eigenvalue weighted by Crippen LogP contribution is 2.32. The molecule has 0 aliphatic rings. The quantitative estimate of drug-likeness (QED) is 0.407. The minimum Gasteiger partial charge on any atom is -0.484 e. The summed E-state index contributed by atoms with van der Waals surface area (Å²) in [5.74, 6) is -1.42. The fourth-order valence-corrected chi connectivity index (χ4v) is 3.88. The first-order valence-corrected chi connectivity index (χ1v) is 10.0. The van der Waals surface area contributed by atoms with Crippen LogP contribution in [0.25, 0.3) is 10.2 Å². The van der Waals surface area contributed by atoms with Crippen LogP contribution in [0.2, 0.25) is 5.02 Å². The van der Waals surface area contributed by atoms with Gasteiger partial charge in [0.25, 0.3) is 5.91 Å². The molecular weight excluding hydrogens is 432 g/mol. The largest absolute Gasteiger partial charge is 0.484 e. The van der Waals surface area contributed by atoms with Crippen molar-refractivity contribution in [3.05, 3.63) is 83.1 Å². The van der Waals surface area contributed by atoms with E-state index in [2.05, 4.69) is 9.97 Å². The molecule has 0 radical (unpaired) electrons. The molecule has 152 valence electrons. The molecule has 4 aromatic rings. The summed E-state index contributed by atoms with van der Waals surface area (Å²) in [5.41, 5.74) is 0.622. The monoisotopic (exact) mass is 445 g/mol. The number of ether oxygens (including phenoxy) is 1. The van der Waals surface area contributed by atoms with E-state index in [1.54, 1.807) is 48.7 Å². The van der Waals surface area contributed by atoms with Gasteiger partial charge in [-0.1, -0.05) is 29.0 Å². The molecule has 0 bridgehead atoms. The predicted octanol–water partition coefficient (Wildman–Crippen LogP) is 5.24. The summed E-state index contributed by atoms with van der Waals surface area (Å²) in [6.45, 7) is -0.172. The number of rotatable bonds is 6. The second-order valence-corrected chi connectivity index (χ2v) is 7.72. The van der Waals surface area contributed by atoms with E-state index in [1.807, 2.05) is 0 Å². The minimum atomic E-state index is -0.782. The Kier molecular flexibility index (Phi) is 5.87. The Morgan fingerprint density at radius 3 is 2.67 bits per heavy atom. The number of carbonyl (C=O) groups excluding carboxylic acids is 1. The Morgan fingerprint density at radius 2 is 1.93 bits per heavy atom. The van der Waals surface area contributed by atoms with Crippen LogP contribution in [0.4, 0.5) is 13.9 Å². The summed E-state index contributed by atoms with van der Waals surface area (Å²) < 4.78 is 33.5. The van der Waals surface area contributed by atoms with E-state index in [0.717, 1.165) is 17.4 Å². The number of carbonyl (C=O) groups is 1. The third-order valence-corrected chi connectivity index (χ3v) is 5.43. The number of hydrogen-bond acceptors (Lipinski definition) is 5. The van der Waals surface area contributed by atoms with Crippen LogP contribution in [-0.2, 0) is 11.3 Å². The van der Waals surface area contributed by atoms with Gasteiger partial charge in [-0.2, -0.15) is 0 Å². The van der Waals surface area contributed by atoms with Crippen molar-refractivity contribution in [3.8, 4) is 5.75 Å². The van der Waals surface area contributed by atoms with E-state index < -0.39 is 17.5 Å². The van der Waals surface area contributed by atoms with Gasteiger partial charge in [0, 0.05) is 17.3 Å². The summed E-state index contributed by atoms with van der Waals surface area (Å²) in [6, 6.07) is 13.9. The van der Waals surface area contributed by atoms with Crippen LogP contribution in [0.15, 0.2) is 60.8 Å². The van der Waals surface area contributed by atoms with Crippen molar-refractivity contribution in [1.82, 2.24) is 9.97 Å². The van der Waals surface area contributed by atoms with E-state index in [-0.39, 0.29) is 23.8 Å². The van der Waals surface area contributed by atoms with Gasteiger partial charge in [0.15, 0.2) is 17.6 Å². The van der Waals surface area contributed by atoms with E-state index in [1.165, 1.54) is 11.0 Å². The second-order valence-electron chi connectivity index (χ2n) is 6.27. The Morgan fingerprint density at radius 1 is 1.13 bits per heavy atom. The first kappa shape index (κ1) is 20.2. The molecule has 0 saturated heterocycles. The van der Waals surface area contributed by atoms with Gasteiger partial charge in [-0.3, -0.25) is 14.7 Å². The van der Waals surface area contributed by atoms with Crippen LogP contribution >= 0.6 is 22.9 Å². The Hall–Kier alpha value is -3.10. The summed E-state index contributed by atoms with van der Waals surface area (Å²) in [5, 5.41) is 0.777. The average molecular weight is 446 g/mol. The zero-order valence-electron chi connectivity index (χ0n) is 15.4. The summed E-state index contributed by atoms with van der Waals surface area (Å²) in [4.78, 5) is 22.8. The molecule has 5 nitrogen and oxygen atoms in total. The number of pyridine rings is 1. The summed E-state index contributed by atoms with van der Waals surface area (Å²) in [6.07, 6.45) is 1.61. The van der Waals surface area contributed by atoms with E-state index in [0.29, 0.717) is 21.2 Å². The molecule has 2 heterocycles. The number of nitrogens with zero attached hydrogens (tertiary/aromatic N) is 3. The summed E-state index contributed by atoms with van der Waals surface area (Å²) in [7, 11) is 0. The topological polar surface area (TPSA) is 55.3 Å². The molecule has 4 rings (SSSR count). The maximum absolute atomic E-state index is 14.1. The lowest BCUT2D eigenvalue weighted by molar-refractivity contribution is -0.120. The highest BCUT2D eigenvalue weighted by molar-refractivity contribution is 7.22. The van der Waals surface area contributed by atoms with Crippen LogP contribution < -0.4 is 9.64 Å². The molecule has 0 saturated carbocycles. The van der Waals surface area contributed by atoms with Crippen LogP contribution in [0.5, 0.6) is 5.75 Å². The normalized spacial score (nSPS) is 10.9. The molecule has 0 N–H and O–H groups in total. The Balaban J connectivity index is 1.63. The van der Waals surface area contributed by atoms with Gasteiger partial charge in [-0.15, -0.1) is 0 Å². The Labute approximate surface area is 179 Å². The van der Waals surface area contributed by atoms with Crippen molar-refractivity contribution in [2.75, 3.05) is 11.5 Å². The fraction of sp³-hybridized carbons (Fsp3) is 0.0952. The molecule has 2 aromatic heterocycles. The SMILES string of the molecule is O=C(COc1ccc(Cl)cc1)N(Cc1ccccn1)c1nc2c(F)cc(F)cc2s1. The van der Waals surface area contributed by atoms with Crippen molar-refractivity contribution in [1.29, 1.82) is 0 Å². The lowest BCUT2D eigenvalue weighted by Gasteiger charge is -2.19. The number of benzene rings is 2. The van der Waals surface area contributed by atoms with Crippen molar-refractivity contribution in [2.45, 2.75) is 6.54 Å². The zero-order chi connectivity index (χ0) is 21.1. The molecule has 0 spiro atoms. The van der Waals surface area contributed by atoms with E-state index in [4.69, 9.17) is 16.3 Å². The van der Waals surface area contributed by atoms with Crippen molar-refractivity contribution in [3.63, 3.8) is 0 Å². The third-order valence-electron chi connectivity index (χ3n) is 4.16. The van der Waals surface area contributed by atoms with Crippen LogP contribution in [-0.4, -0.2) is 22.5 Å². The first-order chi connectivity index (χ1) is 14.5. The lowest BCUT2D eigenvalue weighted by Crippen LogP contribution is -2.34. The van der Waals surface area contributed by atoms with Crippen molar-refractivity contribution in [2.24, 2.45) is 0 Å². The van der Waals surface area contributed by atoms with Crippen LogP contribution in [0.3, 0.4) is 0 Å². The van der Waals surface area contributed by atoms with Crippen LogP contribution in [0, 0.1) is 11.6 Å². The van der Waals surface area contributed by atoms with Gasteiger partial charge in [0.05, 0.1) is 16.9 Å². The van der Waals surface area contributed by atoms with Crippen molar-refractivity contribution < 1.29 is 18.3 Å². The molecule has 0 aliphatic heterocycles. The van der Waals surface area contributed by atoms with Gasteiger partial charge in [-0.25, -0.2) is 13.8 Å². The highest BCUT2D eigenvalue weighted by atomic mass is 35.5. The maximum atomic E-state index is 14.1. The van der Waals surface area contributed by atoms with Gasteiger partial charge < -0.3 is 4.74 Å². The third kappa shape index (κ3) is 4.55. The fourth-order valence-electron chi connectivity index (χ4n) is 2.73. The highest BCUT2D eigenvalue weighted by Gasteiger charge is 2.22. The molecule has 0 unspecified atom stereocenters. The van der Waals surface area contributed by atoms with Gasteiger partial charge in [-0.05, 0) is 42.5 Å². The Bertz CT molecular complexity index is 1190. The molecule has 0 fully saturated rings. The molecular formula is C21H14ClF2N3O2S. The van der Waals surface area contributed by atoms with Crippen LogP contribution in [0.1, 0.15) is 5.69 Å². The number of fused-ring (bicyclic) bond motifs is 1. The number of halogens is 3. The summed E-state index contributed by atoms with van der Waals surface area (Å²) >= 11 is 6.87. The van der Waals surface area contributed by atoms with E-state index in [9.17, 15) is 13.6 Å². The number of aromatic nitrogens is 2. The molecule has 0 atom stereocenters. The number of amides is 1. The van der Waals surface area contributed by atoms with E-state index >= 15 is 0 Å². The smallest absolute Gasteiger partial charge is 0.267 e. The van der Waals surface area contributed by atoms with Gasteiger partial charge >= 0.3 is 0 Å². The number of anilines is 1. The second kappa shape index (κ2) is 8.73. The predicted molar refractivity (Wildman–Crippen MR) is 112 cm³/mol. The first-order valence-electron chi connectivity index (χ1n) is 8.84. The number of hydrogen-bond donors (Lipinski definition) is 0. The molecule has 9 heteroatoms. The average Bonchev–Trinajstić information content (AvgIpc) is 3.16. The van der Waals surface area contributed by atoms with Crippen molar-refractivity contribution >= 4 is 44.2 Å². The number of thiazole rings is 1. The molecule has 1 amide bonds. The molecule has 2 aromatic carbocycles. The van der Waals surface area contributed by atoms with Gasteiger partial charge in [0.1, 0.15) is 17.1 Å². The zero-order valence-corrected chi connectivity index (χ0v) is 17.0. The lowest BCUT2D eigenvalue weighted by atomic mass is 10.3.